The van der Waals surface area contributed by atoms with Gasteiger partial charge in [0.05, 0.1) is 4.90 Å². The van der Waals surface area contributed by atoms with Crippen molar-refractivity contribution in [2.24, 2.45) is 10.9 Å². The third-order valence-corrected chi connectivity index (χ3v) is 6.78. The molecule has 0 aliphatic carbocycles. The molecule has 1 amide bonds. The fourth-order valence-corrected chi connectivity index (χ4v) is 4.98. The Labute approximate surface area is 176 Å². The van der Waals surface area contributed by atoms with Crippen LogP contribution in [0.5, 0.6) is 0 Å². The quantitative estimate of drug-likeness (QED) is 0.798. The summed E-state index contributed by atoms with van der Waals surface area (Å²) >= 11 is 0. The summed E-state index contributed by atoms with van der Waals surface area (Å²) in [5.41, 5.74) is 0.510. The molecule has 0 saturated carbocycles. The van der Waals surface area contributed by atoms with E-state index < -0.39 is 16.1 Å². The summed E-state index contributed by atoms with van der Waals surface area (Å²) in [6.45, 7) is 6.38. The standard InChI is InChI=1S/C21H25N5O3S/c1-15(2)19(23-20-16-7-3-4-8-17(16)30(28,29)24-20)21(27)26-13-11-25(12-14-26)18-9-5-6-10-22-18/h3-10,15,19H,11-14H2,1-2H3,(H,23,24)/t19-/m0/s1. The van der Waals surface area contributed by atoms with Gasteiger partial charge in [0.1, 0.15) is 17.7 Å². The number of fused-ring (bicyclic) bond motifs is 1. The number of hydrogen-bond donors (Lipinski definition) is 1. The number of aromatic nitrogens is 1. The highest BCUT2D eigenvalue weighted by Gasteiger charge is 2.34. The first-order valence-electron chi connectivity index (χ1n) is 10.0. The highest BCUT2D eigenvalue weighted by molar-refractivity contribution is 7.90. The Balaban J connectivity index is 1.52. The molecular weight excluding hydrogens is 402 g/mol. The molecule has 8 nitrogen and oxygen atoms in total. The van der Waals surface area contributed by atoms with E-state index in [-0.39, 0.29) is 22.6 Å². The first kappa shape index (κ1) is 20.3. The van der Waals surface area contributed by atoms with E-state index in [1.54, 1.807) is 30.5 Å². The van der Waals surface area contributed by atoms with Crippen LogP contribution in [0.25, 0.3) is 0 Å². The van der Waals surface area contributed by atoms with Crippen molar-refractivity contribution in [1.29, 1.82) is 0 Å². The van der Waals surface area contributed by atoms with Gasteiger partial charge in [-0.25, -0.2) is 13.4 Å². The maximum absolute atomic E-state index is 13.3. The molecule has 1 aromatic carbocycles. The first-order chi connectivity index (χ1) is 14.4. The number of anilines is 1. The fraction of sp³-hybridized carbons (Fsp3) is 0.381. The van der Waals surface area contributed by atoms with Crippen LogP contribution in [0.1, 0.15) is 19.4 Å². The van der Waals surface area contributed by atoms with E-state index in [1.165, 1.54) is 0 Å². The maximum Gasteiger partial charge on any atom is 0.263 e. The zero-order valence-corrected chi connectivity index (χ0v) is 17.8. The molecule has 2 aromatic rings. The molecule has 3 heterocycles. The minimum atomic E-state index is -3.63. The highest BCUT2D eigenvalue weighted by Crippen LogP contribution is 2.24. The Bertz CT molecular complexity index is 1060. The Morgan fingerprint density at radius 1 is 1.07 bits per heavy atom. The Morgan fingerprint density at radius 2 is 1.77 bits per heavy atom. The normalized spacial score (nSPS) is 20.2. The Kier molecular flexibility index (Phi) is 5.46. The van der Waals surface area contributed by atoms with Crippen molar-refractivity contribution in [2.45, 2.75) is 24.8 Å². The number of pyridine rings is 1. The molecule has 9 heteroatoms. The number of sulfonamides is 1. The molecule has 0 bridgehead atoms. The van der Waals surface area contributed by atoms with Gasteiger partial charge in [0.25, 0.3) is 10.0 Å². The van der Waals surface area contributed by atoms with Gasteiger partial charge in [-0.05, 0) is 30.2 Å². The number of aliphatic imine (C=N–C) groups is 1. The SMILES string of the molecule is CC(C)[C@H](N=C1NS(=O)(=O)c2ccccc21)C(=O)N1CCN(c2ccccn2)CC1. The summed E-state index contributed by atoms with van der Waals surface area (Å²) in [4.78, 5) is 26.4. The summed E-state index contributed by atoms with van der Waals surface area (Å²) in [5, 5.41) is 0. The van der Waals surface area contributed by atoms with Crippen LogP contribution in [0.3, 0.4) is 0 Å². The van der Waals surface area contributed by atoms with Crippen LogP contribution < -0.4 is 9.62 Å². The van der Waals surface area contributed by atoms with Crippen LogP contribution >= 0.6 is 0 Å². The zero-order valence-electron chi connectivity index (χ0n) is 17.0. The van der Waals surface area contributed by atoms with Gasteiger partial charge in [0.2, 0.25) is 5.91 Å². The second kappa shape index (κ2) is 8.06. The van der Waals surface area contributed by atoms with Crippen molar-refractivity contribution in [3.05, 3.63) is 54.2 Å². The molecule has 1 saturated heterocycles. The summed E-state index contributed by atoms with van der Waals surface area (Å²) in [6.07, 6.45) is 1.76. The molecule has 0 spiro atoms. The predicted octanol–water partition coefficient (Wildman–Crippen LogP) is 1.49. The number of amides is 1. The first-order valence-corrected chi connectivity index (χ1v) is 11.5. The lowest BCUT2D eigenvalue weighted by Gasteiger charge is -2.37. The Hall–Kier alpha value is -2.94. The van der Waals surface area contributed by atoms with Crippen molar-refractivity contribution >= 4 is 27.6 Å². The third-order valence-electron chi connectivity index (χ3n) is 5.38. The van der Waals surface area contributed by atoms with Gasteiger partial charge in [0, 0.05) is 37.9 Å². The largest absolute Gasteiger partial charge is 0.353 e. The topological polar surface area (TPSA) is 95.0 Å². The van der Waals surface area contributed by atoms with E-state index >= 15 is 0 Å². The number of piperazine rings is 1. The molecule has 0 radical (unpaired) electrons. The third kappa shape index (κ3) is 3.89. The van der Waals surface area contributed by atoms with Crippen LogP contribution in [-0.4, -0.2) is 62.3 Å². The molecule has 30 heavy (non-hydrogen) atoms. The van der Waals surface area contributed by atoms with Gasteiger partial charge in [0.15, 0.2) is 0 Å². The van der Waals surface area contributed by atoms with E-state index in [2.05, 4.69) is 19.6 Å². The van der Waals surface area contributed by atoms with Gasteiger partial charge in [-0.15, -0.1) is 0 Å². The number of rotatable bonds is 4. The predicted molar refractivity (Wildman–Crippen MR) is 115 cm³/mol. The number of nitrogens with zero attached hydrogens (tertiary/aromatic N) is 4. The minimum Gasteiger partial charge on any atom is -0.353 e. The summed E-state index contributed by atoms with van der Waals surface area (Å²) in [5.74, 6) is 0.991. The van der Waals surface area contributed by atoms with E-state index in [0.29, 0.717) is 31.7 Å². The molecule has 1 aromatic heterocycles. The van der Waals surface area contributed by atoms with Gasteiger partial charge in [-0.2, -0.15) is 0 Å². The lowest BCUT2D eigenvalue weighted by atomic mass is 10.0. The molecule has 1 atom stereocenters. The number of hydrogen-bond acceptors (Lipinski definition) is 6. The molecule has 2 aliphatic heterocycles. The van der Waals surface area contributed by atoms with E-state index in [4.69, 9.17) is 0 Å². The van der Waals surface area contributed by atoms with Crippen LogP contribution in [0.4, 0.5) is 5.82 Å². The summed E-state index contributed by atoms with van der Waals surface area (Å²) in [6, 6.07) is 11.8. The van der Waals surface area contributed by atoms with Gasteiger partial charge in [-0.3, -0.25) is 14.5 Å². The molecule has 4 rings (SSSR count). The van der Waals surface area contributed by atoms with Crippen molar-refractivity contribution < 1.29 is 13.2 Å². The highest BCUT2D eigenvalue weighted by atomic mass is 32.2. The molecule has 2 aliphatic rings. The second-order valence-electron chi connectivity index (χ2n) is 7.77. The monoisotopic (exact) mass is 427 g/mol. The van der Waals surface area contributed by atoms with Crippen LogP contribution in [0, 0.1) is 5.92 Å². The van der Waals surface area contributed by atoms with Crippen LogP contribution in [0.15, 0.2) is 58.5 Å². The fourth-order valence-electron chi connectivity index (χ4n) is 3.74. The average Bonchev–Trinajstić information content (AvgIpc) is 3.02. The van der Waals surface area contributed by atoms with Gasteiger partial charge in [-0.1, -0.05) is 32.0 Å². The zero-order chi connectivity index (χ0) is 21.3. The number of nitrogens with one attached hydrogen (secondary N) is 1. The molecule has 158 valence electrons. The van der Waals surface area contributed by atoms with Crippen LogP contribution in [0.2, 0.25) is 0 Å². The smallest absolute Gasteiger partial charge is 0.263 e. The summed E-state index contributed by atoms with van der Waals surface area (Å²) in [7, 11) is -3.63. The van der Waals surface area contributed by atoms with Crippen molar-refractivity contribution in [1.82, 2.24) is 14.6 Å². The summed E-state index contributed by atoms with van der Waals surface area (Å²) < 4.78 is 27.2. The van der Waals surface area contributed by atoms with E-state index in [1.807, 2.05) is 36.9 Å². The molecule has 0 unspecified atom stereocenters. The van der Waals surface area contributed by atoms with Crippen LogP contribution in [-0.2, 0) is 14.8 Å². The Morgan fingerprint density at radius 3 is 2.43 bits per heavy atom. The number of amidine groups is 1. The molecular formula is C21H25N5O3S. The average molecular weight is 428 g/mol. The lowest BCUT2D eigenvalue weighted by Crippen LogP contribution is -2.52. The van der Waals surface area contributed by atoms with Gasteiger partial charge < -0.3 is 9.80 Å². The van der Waals surface area contributed by atoms with Crippen molar-refractivity contribution in [3.8, 4) is 0 Å². The van der Waals surface area contributed by atoms with Crippen molar-refractivity contribution in [2.75, 3.05) is 31.1 Å². The minimum absolute atomic E-state index is 0.0731. The lowest BCUT2D eigenvalue weighted by molar-refractivity contribution is -0.133. The molecule has 1 N–H and O–H groups in total. The second-order valence-corrected chi connectivity index (χ2v) is 9.42. The maximum atomic E-state index is 13.3. The molecule has 1 fully saturated rings. The number of benzene rings is 1. The van der Waals surface area contributed by atoms with Gasteiger partial charge >= 0.3 is 0 Å². The number of carbonyl (C=O) groups excluding carboxylic acids is 1. The number of carbonyl (C=O) groups is 1. The van der Waals surface area contributed by atoms with E-state index in [9.17, 15) is 13.2 Å². The van der Waals surface area contributed by atoms with Crippen molar-refractivity contribution in [3.63, 3.8) is 0 Å². The van der Waals surface area contributed by atoms with E-state index in [0.717, 1.165) is 5.82 Å².